The number of ketones is 1. The molecule has 1 N–H and O–H groups in total. The Morgan fingerprint density at radius 3 is 2.73 bits per heavy atom. The van der Waals surface area contributed by atoms with Crippen molar-refractivity contribution >= 4 is 17.7 Å². The van der Waals surface area contributed by atoms with Gasteiger partial charge in [0.25, 0.3) is 0 Å². The number of carbonyl (C=O) groups is 3. The second-order valence-corrected chi connectivity index (χ2v) is 11.4. The molecule has 3 aliphatic heterocycles. The van der Waals surface area contributed by atoms with Gasteiger partial charge in [-0.1, -0.05) is 20.3 Å². The predicted octanol–water partition coefficient (Wildman–Crippen LogP) is 2.89. The third-order valence-electron chi connectivity index (χ3n) is 8.62. The van der Waals surface area contributed by atoms with Gasteiger partial charge in [0.05, 0.1) is 13.5 Å². The zero-order valence-corrected chi connectivity index (χ0v) is 21.9. The average Bonchev–Trinajstić information content (AvgIpc) is 3.52. The zero-order chi connectivity index (χ0) is 26.4. The van der Waals surface area contributed by atoms with E-state index in [9.17, 15) is 19.5 Å². The first-order valence-electron chi connectivity index (χ1n) is 13.4. The summed E-state index contributed by atoms with van der Waals surface area (Å²) < 4.78 is 22.0. The number of rotatable bonds is 8. The summed E-state index contributed by atoms with van der Waals surface area (Å²) in [6.07, 6.45) is 2.66. The molecular formula is C28H37NO8. The first-order valence-corrected chi connectivity index (χ1v) is 13.4. The Balaban J connectivity index is 1.48. The summed E-state index contributed by atoms with van der Waals surface area (Å²) in [5.41, 5.74) is -0.510. The fourth-order valence-electron chi connectivity index (χ4n) is 6.77. The lowest BCUT2D eigenvalue weighted by Crippen LogP contribution is -2.49. The molecule has 1 spiro atoms. The second-order valence-electron chi connectivity index (χ2n) is 11.4. The molecule has 0 bridgehead atoms. The molecule has 2 fully saturated rings. The van der Waals surface area contributed by atoms with E-state index >= 15 is 0 Å². The van der Waals surface area contributed by atoms with Crippen LogP contribution in [-0.4, -0.2) is 72.0 Å². The summed E-state index contributed by atoms with van der Waals surface area (Å²) in [6.45, 7) is 5.94. The van der Waals surface area contributed by atoms with Crippen LogP contribution >= 0.6 is 0 Å². The predicted molar refractivity (Wildman–Crippen MR) is 132 cm³/mol. The fraction of sp³-hybridized carbons (Fsp3) is 0.679. The van der Waals surface area contributed by atoms with Crippen LogP contribution in [0, 0.1) is 5.92 Å². The van der Waals surface area contributed by atoms with Crippen LogP contribution in [-0.2, 0) is 30.3 Å². The average molecular weight is 516 g/mol. The Morgan fingerprint density at radius 1 is 1.24 bits per heavy atom. The highest BCUT2D eigenvalue weighted by atomic mass is 16.7. The third-order valence-corrected chi connectivity index (χ3v) is 8.62. The molecule has 1 aliphatic carbocycles. The summed E-state index contributed by atoms with van der Waals surface area (Å²) in [7, 11) is 1.22. The quantitative estimate of drug-likeness (QED) is 0.522. The van der Waals surface area contributed by atoms with Crippen LogP contribution in [0.3, 0.4) is 0 Å². The Morgan fingerprint density at radius 2 is 2.00 bits per heavy atom. The number of carbonyl (C=O) groups excluding carboxylic acids is 3. The minimum atomic E-state index is -2.06. The number of ether oxygens (including phenoxy) is 4. The number of esters is 2. The Kier molecular flexibility index (Phi) is 6.96. The van der Waals surface area contributed by atoms with Gasteiger partial charge in [0.15, 0.2) is 29.0 Å². The maximum absolute atomic E-state index is 13.6. The van der Waals surface area contributed by atoms with Crippen molar-refractivity contribution in [3.63, 3.8) is 0 Å². The van der Waals surface area contributed by atoms with Crippen LogP contribution in [0.25, 0.3) is 0 Å². The molecule has 202 valence electrons. The molecule has 1 saturated carbocycles. The molecule has 0 aromatic heterocycles. The van der Waals surface area contributed by atoms with E-state index in [0.717, 1.165) is 49.9 Å². The largest absolute Gasteiger partial charge is 0.469 e. The van der Waals surface area contributed by atoms with Gasteiger partial charge >= 0.3 is 11.9 Å². The molecule has 3 heterocycles. The smallest absolute Gasteiger partial charge is 0.339 e. The van der Waals surface area contributed by atoms with Gasteiger partial charge in [-0.05, 0) is 67.8 Å². The van der Waals surface area contributed by atoms with Gasteiger partial charge in [-0.25, -0.2) is 4.79 Å². The molecule has 9 nitrogen and oxygen atoms in total. The van der Waals surface area contributed by atoms with Crippen LogP contribution in [0.4, 0.5) is 0 Å². The Bertz CT molecular complexity index is 1090. The van der Waals surface area contributed by atoms with Crippen LogP contribution in [0.5, 0.6) is 11.5 Å². The van der Waals surface area contributed by atoms with Gasteiger partial charge < -0.3 is 24.1 Å². The highest BCUT2D eigenvalue weighted by Gasteiger charge is 2.61. The second kappa shape index (κ2) is 9.91. The normalized spacial score (nSPS) is 27.8. The van der Waals surface area contributed by atoms with Gasteiger partial charge in [0.1, 0.15) is 0 Å². The molecule has 0 amide bonds. The van der Waals surface area contributed by atoms with Crippen molar-refractivity contribution < 1.29 is 38.4 Å². The molecule has 5 rings (SSSR count). The molecular weight excluding hydrogens is 478 g/mol. The van der Waals surface area contributed by atoms with Crippen LogP contribution in [0.1, 0.15) is 75.8 Å². The molecule has 0 unspecified atom stereocenters. The van der Waals surface area contributed by atoms with Gasteiger partial charge in [-0.15, -0.1) is 0 Å². The first-order chi connectivity index (χ1) is 17.7. The van der Waals surface area contributed by atoms with Crippen LogP contribution < -0.4 is 9.47 Å². The Labute approximate surface area is 217 Å². The number of hydrogen-bond donors (Lipinski definition) is 1. The maximum atomic E-state index is 13.6. The van der Waals surface area contributed by atoms with E-state index in [2.05, 4.69) is 18.7 Å². The zero-order valence-electron chi connectivity index (χ0n) is 21.9. The number of fused-ring (bicyclic) bond motifs is 3. The van der Waals surface area contributed by atoms with E-state index in [1.165, 1.54) is 7.11 Å². The van der Waals surface area contributed by atoms with E-state index in [1.54, 1.807) is 0 Å². The SMILES string of the molecule is COC(=O)C[C@](O)(CCCC(C)C)C(=O)O[C@@H]1C(=O)C[C@]23CCCN2CCc2cc4c(cc2[C@H]13)OCO4. The molecule has 0 radical (unpaired) electrons. The van der Waals surface area contributed by atoms with Crippen LogP contribution in [0.2, 0.25) is 0 Å². The number of hydrogen-bond acceptors (Lipinski definition) is 9. The monoisotopic (exact) mass is 515 g/mol. The lowest BCUT2D eigenvalue weighted by atomic mass is 9.78. The van der Waals surface area contributed by atoms with Crippen LogP contribution in [0.15, 0.2) is 12.1 Å². The van der Waals surface area contributed by atoms with E-state index in [1.807, 2.05) is 12.1 Å². The molecule has 9 heteroatoms. The number of aliphatic hydroxyl groups is 1. The molecule has 1 aromatic carbocycles. The van der Waals surface area contributed by atoms with Crippen molar-refractivity contribution in [3.05, 3.63) is 23.3 Å². The van der Waals surface area contributed by atoms with Gasteiger partial charge in [0, 0.05) is 24.4 Å². The number of benzene rings is 1. The molecule has 1 aromatic rings. The summed E-state index contributed by atoms with van der Waals surface area (Å²) in [6, 6.07) is 3.92. The van der Waals surface area contributed by atoms with Crippen molar-refractivity contribution in [1.82, 2.24) is 4.90 Å². The van der Waals surface area contributed by atoms with E-state index < -0.39 is 41.5 Å². The topological polar surface area (TPSA) is 112 Å². The van der Waals surface area contributed by atoms with E-state index in [-0.39, 0.29) is 25.4 Å². The summed E-state index contributed by atoms with van der Waals surface area (Å²) in [5, 5.41) is 11.4. The standard InChI is InChI=1S/C28H37NO8/c1-17(2)6-4-9-28(33,15-23(31)34-3)26(32)37-25-20(30)14-27-8-5-10-29(27)11-7-18-12-21-22(36-16-35-21)13-19(18)24(25)27/h12-13,17,24-25,33H,4-11,14-16H2,1-3H3/t24-,25-,27+,28-/m1/s1. The van der Waals surface area contributed by atoms with Gasteiger partial charge in [0.2, 0.25) is 6.79 Å². The lowest BCUT2D eigenvalue weighted by Gasteiger charge is -2.39. The van der Waals surface area contributed by atoms with E-state index in [4.69, 9.17) is 18.9 Å². The minimum absolute atomic E-state index is 0.0528. The van der Waals surface area contributed by atoms with E-state index in [0.29, 0.717) is 23.8 Å². The van der Waals surface area contributed by atoms with Crippen molar-refractivity contribution in [2.45, 2.75) is 88.4 Å². The maximum Gasteiger partial charge on any atom is 0.339 e. The minimum Gasteiger partial charge on any atom is -0.469 e. The molecule has 1 saturated heterocycles. The number of Topliss-reactive ketones (excluding diaryl/α,β-unsaturated/α-hetero) is 1. The summed E-state index contributed by atoms with van der Waals surface area (Å²) in [5.74, 6) is -0.500. The van der Waals surface area contributed by atoms with Crippen molar-refractivity contribution in [1.29, 1.82) is 0 Å². The number of methoxy groups -OCH3 is 1. The van der Waals surface area contributed by atoms with Crippen molar-refractivity contribution in [2.75, 3.05) is 27.0 Å². The first kappa shape index (κ1) is 26.0. The van der Waals surface area contributed by atoms with Crippen molar-refractivity contribution in [2.24, 2.45) is 5.92 Å². The summed E-state index contributed by atoms with van der Waals surface area (Å²) in [4.78, 5) is 41.6. The van der Waals surface area contributed by atoms with Gasteiger partial charge in [-0.2, -0.15) is 0 Å². The molecule has 4 atom stereocenters. The molecule has 4 aliphatic rings. The van der Waals surface area contributed by atoms with Crippen molar-refractivity contribution in [3.8, 4) is 11.5 Å². The van der Waals surface area contributed by atoms with Gasteiger partial charge in [-0.3, -0.25) is 14.5 Å². The Hall–Kier alpha value is -2.65. The molecule has 37 heavy (non-hydrogen) atoms. The highest BCUT2D eigenvalue weighted by molar-refractivity contribution is 5.93. The number of nitrogens with zero attached hydrogens (tertiary/aromatic N) is 1. The highest BCUT2D eigenvalue weighted by Crippen LogP contribution is 2.55. The lowest BCUT2D eigenvalue weighted by molar-refractivity contribution is -0.179. The summed E-state index contributed by atoms with van der Waals surface area (Å²) >= 11 is 0. The third kappa shape index (κ3) is 4.61. The fourth-order valence-corrected chi connectivity index (χ4v) is 6.77.